The van der Waals surface area contributed by atoms with Gasteiger partial charge in [0.15, 0.2) is 10.8 Å². The molecule has 3 aliphatic heterocycles. The van der Waals surface area contributed by atoms with Gasteiger partial charge in [0.2, 0.25) is 5.60 Å². The van der Waals surface area contributed by atoms with E-state index in [0.29, 0.717) is 16.0 Å². The zero-order chi connectivity index (χ0) is 31.9. The van der Waals surface area contributed by atoms with E-state index in [0.717, 1.165) is 24.3 Å². The molecule has 1 aromatic heterocycles. The summed E-state index contributed by atoms with van der Waals surface area (Å²) in [5.41, 5.74) is 3.53. The van der Waals surface area contributed by atoms with E-state index in [1.165, 1.54) is 35.9 Å². The number of thiazole rings is 1. The van der Waals surface area contributed by atoms with Crippen LogP contribution in [0.3, 0.4) is 0 Å². The summed E-state index contributed by atoms with van der Waals surface area (Å²) in [6.45, 7) is 8.82. The molecule has 0 radical (unpaired) electrons. The molecular weight excluding hydrogens is 600 g/mol. The normalized spacial score (nSPS) is 24.1. The quantitative estimate of drug-likeness (QED) is 0.118. The number of nitrogens with two attached hydrogens (primary N) is 1. The molecule has 1 unspecified atom stereocenters. The van der Waals surface area contributed by atoms with Crippen LogP contribution in [0.15, 0.2) is 34.0 Å². The summed E-state index contributed by atoms with van der Waals surface area (Å²) in [6, 6.07) is -1.03. The number of hydrogen-bond donors (Lipinski definition) is 3. The summed E-state index contributed by atoms with van der Waals surface area (Å²) < 4.78 is 5.79. The lowest BCUT2D eigenvalue weighted by Crippen LogP contribution is -2.71. The Kier molecular flexibility index (Phi) is 8.98. The highest BCUT2D eigenvalue weighted by molar-refractivity contribution is 8.00. The van der Waals surface area contributed by atoms with Gasteiger partial charge in [0, 0.05) is 17.6 Å². The minimum Gasteiger partial charge on any atom is -0.477 e. The number of carboxylic acids is 1. The summed E-state index contributed by atoms with van der Waals surface area (Å²) in [7, 11) is 3.88. The number of allylic oxidation sites excluding steroid dienone is 1. The number of anilines is 1. The number of nitrogens with zero attached hydrogens (tertiary/aromatic N) is 4. The van der Waals surface area contributed by atoms with E-state index < -0.39 is 46.4 Å². The van der Waals surface area contributed by atoms with Crippen LogP contribution in [-0.2, 0) is 33.6 Å². The number of nitrogen functional groups attached to an aromatic ring is 1. The van der Waals surface area contributed by atoms with E-state index in [9.17, 15) is 24.3 Å². The van der Waals surface area contributed by atoms with Crippen LogP contribution in [0, 0.1) is 0 Å². The van der Waals surface area contributed by atoms with Crippen molar-refractivity contribution >= 4 is 57.7 Å². The van der Waals surface area contributed by atoms with Gasteiger partial charge in [-0.05, 0) is 46.3 Å². The van der Waals surface area contributed by atoms with Crippen molar-refractivity contribution in [3.05, 3.63) is 34.5 Å². The van der Waals surface area contributed by atoms with E-state index in [1.807, 2.05) is 20.2 Å². The average molecular weight is 638 g/mol. The number of aromatic nitrogens is 1. The number of rotatable bonds is 9. The second kappa shape index (κ2) is 11.9. The van der Waals surface area contributed by atoms with Gasteiger partial charge in [-0.1, -0.05) is 11.2 Å². The van der Waals surface area contributed by atoms with E-state index >= 15 is 0 Å². The monoisotopic (exact) mass is 637 g/mol. The Morgan fingerprint density at radius 3 is 2.53 bits per heavy atom. The molecule has 0 bridgehead atoms. The van der Waals surface area contributed by atoms with Gasteiger partial charge in [-0.25, -0.2) is 14.6 Å². The van der Waals surface area contributed by atoms with Crippen molar-refractivity contribution in [3.8, 4) is 0 Å². The van der Waals surface area contributed by atoms with Crippen molar-refractivity contribution < 1.29 is 43.3 Å². The lowest BCUT2D eigenvalue weighted by molar-refractivity contribution is -1.06. The Labute approximate surface area is 257 Å². The molecule has 0 spiro atoms. The van der Waals surface area contributed by atoms with Crippen LogP contribution in [-0.4, -0.2) is 104 Å². The Bertz CT molecular complexity index is 1410. The third-order valence-electron chi connectivity index (χ3n) is 6.61. The molecule has 43 heavy (non-hydrogen) atoms. The minimum atomic E-state index is -1.56. The van der Waals surface area contributed by atoms with Crippen molar-refractivity contribution in [2.75, 3.05) is 32.1 Å². The van der Waals surface area contributed by atoms with Crippen molar-refractivity contribution in [1.29, 1.82) is 0 Å². The molecule has 3 atom stereocenters. The van der Waals surface area contributed by atoms with Crippen LogP contribution in [0.4, 0.5) is 5.13 Å². The Hall–Kier alpha value is -3.47. The van der Waals surface area contributed by atoms with Crippen molar-refractivity contribution in [2.24, 2.45) is 5.16 Å². The molecule has 4 N–H and O–H groups in total. The molecule has 2 saturated heterocycles. The number of carbonyl (C=O) groups is 4. The van der Waals surface area contributed by atoms with E-state index in [4.69, 9.17) is 20.1 Å². The number of nitrogens with one attached hydrogen (secondary N) is 1. The Morgan fingerprint density at radius 1 is 1.28 bits per heavy atom. The fraction of sp³-hybridized carbons (Fsp3) is 0.556. The van der Waals surface area contributed by atoms with Gasteiger partial charge in [0.25, 0.3) is 11.8 Å². The number of oxime groups is 1. The highest BCUT2D eigenvalue weighted by atomic mass is 32.2. The minimum absolute atomic E-state index is 0.0781. The standard InChI is InChI=1S/C27H36N6O8S2/c1-26(2,3)39-24(38)27(4,5)41-31-17(16-13-43-25(28)29-16)20(34)30-18-21(35)32-19(23(36)37)14(12-42-22(18)32)8-9-15-10-11-33(6,7)40-15/h8-9,13,15,18,22H,10-12H2,1-7H3,(H3-,28,29,30,34,36,37)/p+1/b9-8+,31-17-/t15?,18-,22-/m1/s1. The fourth-order valence-electron chi connectivity index (χ4n) is 4.44. The number of aliphatic carboxylic acids is 1. The third kappa shape index (κ3) is 7.37. The van der Waals surface area contributed by atoms with Crippen molar-refractivity contribution in [3.63, 3.8) is 0 Å². The number of carbonyl (C=O) groups excluding carboxylic acids is 3. The lowest BCUT2D eigenvalue weighted by atomic mass is 10.0. The summed E-state index contributed by atoms with van der Waals surface area (Å²) in [6.07, 6.45) is 4.14. The van der Waals surface area contributed by atoms with E-state index in [2.05, 4.69) is 15.5 Å². The van der Waals surface area contributed by atoms with Gasteiger partial charge >= 0.3 is 11.9 Å². The van der Waals surface area contributed by atoms with Gasteiger partial charge in [-0.3, -0.25) is 14.5 Å². The molecule has 0 saturated carbocycles. The number of β-lactam (4-membered cyclic amide) rings is 1. The van der Waals surface area contributed by atoms with Crippen LogP contribution < -0.4 is 11.1 Å². The van der Waals surface area contributed by atoms with Crippen molar-refractivity contribution in [2.45, 2.75) is 69.8 Å². The zero-order valence-corrected chi connectivity index (χ0v) is 26.7. The molecule has 0 aliphatic carbocycles. The first-order chi connectivity index (χ1) is 19.9. The SMILES string of the molecule is CC(C)(C)OC(=O)C(C)(C)O/N=C(\C(=O)N[C@@H]1C(=O)N2C(C(=O)O)=C(/C=C/C3CC[N+](C)(C)O3)CS[C@H]12)c1csc(N)n1. The van der Waals surface area contributed by atoms with Gasteiger partial charge in [-0.15, -0.1) is 23.1 Å². The van der Waals surface area contributed by atoms with Gasteiger partial charge < -0.3 is 25.7 Å². The van der Waals surface area contributed by atoms with Gasteiger partial charge in [-0.2, -0.15) is 9.48 Å². The van der Waals surface area contributed by atoms with Crippen molar-refractivity contribution in [1.82, 2.24) is 15.2 Å². The predicted octanol–water partition coefficient (Wildman–Crippen LogP) is 1.64. The maximum absolute atomic E-state index is 13.4. The molecule has 2 fully saturated rings. The first-order valence-electron chi connectivity index (χ1n) is 13.5. The Balaban J connectivity index is 1.51. The molecule has 4 rings (SSSR count). The maximum atomic E-state index is 13.4. The van der Waals surface area contributed by atoms with Crippen LogP contribution in [0.2, 0.25) is 0 Å². The first-order valence-corrected chi connectivity index (χ1v) is 15.4. The summed E-state index contributed by atoms with van der Waals surface area (Å²) in [4.78, 5) is 68.2. The largest absolute Gasteiger partial charge is 0.477 e. The number of quaternary nitrogens is 1. The van der Waals surface area contributed by atoms with Gasteiger partial charge in [0.1, 0.15) is 41.1 Å². The maximum Gasteiger partial charge on any atom is 0.353 e. The second-order valence-corrected chi connectivity index (χ2v) is 14.2. The number of thioether (sulfide) groups is 1. The molecule has 3 aliphatic rings. The van der Waals surface area contributed by atoms with Crippen LogP contribution >= 0.6 is 23.1 Å². The molecule has 14 nitrogen and oxygen atoms in total. The highest BCUT2D eigenvalue weighted by Crippen LogP contribution is 2.41. The number of carboxylic acid groups (broad SMARTS) is 1. The zero-order valence-electron chi connectivity index (χ0n) is 25.1. The first kappa shape index (κ1) is 32.4. The van der Waals surface area contributed by atoms with Crippen LogP contribution in [0.1, 0.15) is 46.7 Å². The van der Waals surface area contributed by atoms with Crippen LogP contribution in [0.5, 0.6) is 0 Å². The molecule has 234 valence electrons. The molecule has 2 amide bonds. The van der Waals surface area contributed by atoms with Gasteiger partial charge in [0.05, 0.1) is 14.1 Å². The summed E-state index contributed by atoms with van der Waals surface area (Å²) >= 11 is 2.39. The Morgan fingerprint density at radius 2 is 1.98 bits per heavy atom. The van der Waals surface area contributed by atoms with E-state index in [1.54, 1.807) is 26.8 Å². The third-order valence-corrected chi connectivity index (χ3v) is 8.58. The average Bonchev–Trinajstić information content (AvgIpc) is 3.48. The summed E-state index contributed by atoms with van der Waals surface area (Å²) in [5.74, 6) is -3.04. The fourth-order valence-corrected chi connectivity index (χ4v) is 6.31. The molecule has 1 aromatic rings. The number of hydrogen-bond acceptors (Lipinski definition) is 12. The summed E-state index contributed by atoms with van der Waals surface area (Å²) in [5, 5.41) is 17.5. The number of ether oxygens (including phenoxy) is 1. The van der Waals surface area contributed by atoms with Crippen LogP contribution in [0.25, 0.3) is 0 Å². The molecule has 0 aromatic carbocycles. The number of fused-ring (bicyclic) bond motifs is 1. The number of hydroxylamine groups is 3. The molecule has 16 heteroatoms. The predicted molar refractivity (Wildman–Crippen MR) is 159 cm³/mol. The topological polar surface area (TPSA) is 183 Å². The van der Waals surface area contributed by atoms with E-state index in [-0.39, 0.29) is 28.3 Å². The number of esters is 1. The highest BCUT2D eigenvalue weighted by Gasteiger charge is 2.54. The molecular formula is C27H37N6O8S2+. The number of amides is 2. The smallest absolute Gasteiger partial charge is 0.353 e. The second-order valence-electron chi connectivity index (χ2n) is 12.2. The lowest BCUT2D eigenvalue weighted by Gasteiger charge is -2.49. The molecule has 4 heterocycles.